The molecule has 3 rings (SSSR count). The van der Waals surface area contributed by atoms with Gasteiger partial charge in [0.15, 0.2) is 0 Å². The van der Waals surface area contributed by atoms with Gasteiger partial charge in [-0.25, -0.2) is 0 Å². The molecule has 1 saturated heterocycles. The Balaban J connectivity index is 1.62. The third-order valence-electron chi connectivity index (χ3n) is 4.40. The van der Waals surface area contributed by atoms with E-state index in [0.29, 0.717) is 5.41 Å². The maximum Gasteiger partial charge on any atom is 0.0366 e. The van der Waals surface area contributed by atoms with Crippen molar-refractivity contribution in [3.05, 3.63) is 29.8 Å². The van der Waals surface area contributed by atoms with E-state index >= 15 is 0 Å². The summed E-state index contributed by atoms with van der Waals surface area (Å²) in [4.78, 5) is 2.54. The lowest BCUT2D eigenvalue weighted by molar-refractivity contribution is 0.222. The van der Waals surface area contributed by atoms with Gasteiger partial charge in [0.05, 0.1) is 0 Å². The topological polar surface area (TPSA) is 15.3 Å². The molecular formula is C15H22N2. The quantitative estimate of drug-likeness (QED) is 0.859. The number of rotatable bonds is 3. The third kappa shape index (κ3) is 2.06. The molecule has 0 bridgehead atoms. The third-order valence-corrected chi connectivity index (χ3v) is 4.40. The molecule has 2 aliphatic rings. The van der Waals surface area contributed by atoms with Crippen LogP contribution in [-0.4, -0.2) is 20.1 Å². The largest absolute Gasteiger partial charge is 0.370 e. The molecule has 0 aromatic heterocycles. The van der Waals surface area contributed by atoms with E-state index in [2.05, 4.69) is 34.5 Å². The Morgan fingerprint density at radius 3 is 2.35 bits per heavy atom. The summed E-state index contributed by atoms with van der Waals surface area (Å²) in [7, 11) is 1.99. The normalized spacial score (nSPS) is 21.8. The van der Waals surface area contributed by atoms with Gasteiger partial charge >= 0.3 is 0 Å². The standard InChI is InChI=1S/C15H22N2/c1-16-10-13-4-6-14(7-5-13)17-11-15(12-17)8-2-3-9-15/h4-7,16H,2-3,8-12H2,1H3. The summed E-state index contributed by atoms with van der Waals surface area (Å²) in [5.74, 6) is 0. The first-order valence-electron chi connectivity index (χ1n) is 6.80. The number of benzene rings is 1. The van der Waals surface area contributed by atoms with Gasteiger partial charge in [0, 0.05) is 30.7 Å². The number of anilines is 1. The van der Waals surface area contributed by atoms with Crippen molar-refractivity contribution in [2.24, 2.45) is 5.41 Å². The van der Waals surface area contributed by atoms with Gasteiger partial charge in [-0.05, 0) is 37.6 Å². The van der Waals surface area contributed by atoms with Crippen LogP contribution >= 0.6 is 0 Å². The zero-order chi connectivity index (χ0) is 11.7. The smallest absolute Gasteiger partial charge is 0.0366 e. The van der Waals surface area contributed by atoms with Crippen LogP contribution in [0.2, 0.25) is 0 Å². The second-order valence-electron chi connectivity index (χ2n) is 5.76. The van der Waals surface area contributed by atoms with Crippen LogP contribution in [0.15, 0.2) is 24.3 Å². The molecule has 1 N–H and O–H groups in total. The highest BCUT2D eigenvalue weighted by molar-refractivity contribution is 5.51. The SMILES string of the molecule is CNCc1ccc(N2CC3(CCCC3)C2)cc1. The van der Waals surface area contributed by atoms with E-state index in [-0.39, 0.29) is 0 Å². The average molecular weight is 230 g/mol. The van der Waals surface area contributed by atoms with Crippen LogP contribution in [0.5, 0.6) is 0 Å². The number of hydrogen-bond acceptors (Lipinski definition) is 2. The predicted octanol–water partition coefficient (Wildman–Crippen LogP) is 2.79. The highest BCUT2D eigenvalue weighted by Gasteiger charge is 2.44. The van der Waals surface area contributed by atoms with Gasteiger partial charge in [-0.2, -0.15) is 0 Å². The van der Waals surface area contributed by atoms with Crippen molar-refractivity contribution in [2.45, 2.75) is 32.2 Å². The van der Waals surface area contributed by atoms with Crippen LogP contribution in [0.1, 0.15) is 31.2 Å². The van der Waals surface area contributed by atoms with Crippen LogP contribution in [-0.2, 0) is 6.54 Å². The molecule has 92 valence electrons. The van der Waals surface area contributed by atoms with E-state index in [1.807, 2.05) is 7.05 Å². The zero-order valence-corrected chi connectivity index (χ0v) is 10.7. The lowest BCUT2D eigenvalue weighted by Gasteiger charge is -2.49. The summed E-state index contributed by atoms with van der Waals surface area (Å²) >= 11 is 0. The molecule has 2 fully saturated rings. The zero-order valence-electron chi connectivity index (χ0n) is 10.7. The van der Waals surface area contributed by atoms with Crippen molar-refractivity contribution in [3.63, 3.8) is 0 Å². The Hall–Kier alpha value is -1.02. The van der Waals surface area contributed by atoms with Crippen molar-refractivity contribution in [2.75, 3.05) is 25.0 Å². The second kappa shape index (κ2) is 4.34. The fourth-order valence-corrected chi connectivity index (χ4v) is 3.42. The van der Waals surface area contributed by atoms with Crippen LogP contribution in [0.25, 0.3) is 0 Å². The molecule has 1 heterocycles. The van der Waals surface area contributed by atoms with Gasteiger partial charge in [0.1, 0.15) is 0 Å². The van der Waals surface area contributed by atoms with E-state index in [9.17, 15) is 0 Å². The first-order chi connectivity index (χ1) is 8.31. The van der Waals surface area contributed by atoms with Gasteiger partial charge < -0.3 is 10.2 Å². The van der Waals surface area contributed by atoms with Crippen LogP contribution in [0, 0.1) is 5.41 Å². The van der Waals surface area contributed by atoms with Crippen molar-refractivity contribution in [1.29, 1.82) is 0 Å². The van der Waals surface area contributed by atoms with Crippen LogP contribution in [0.3, 0.4) is 0 Å². The molecule has 0 unspecified atom stereocenters. The average Bonchev–Trinajstić information content (AvgIpc) is 2.78. The molecule has 1 aliphatic heterocycles. The van der Waals surface area contributed by atoms with E-state index in [1.54, 1.807) is 0 Å². The molecule has 2 nitrogen and oxygen atoms in total. The van der Waals surface area contributed by atoms with Crippen LogP contribution in [0.4, 0.5) is 5.69 Å². The number of nitrogens with one attached hydrogen (secondary N) is 1. The van der Waals surface area contributed by atoms with E-state index in [0.717, 1.165) is 6.54 Å². The highest BCUT2D eigenvalue weighted by atomic mass is 15.2. The Kier molecular flexibility index (Phi) is 2.83. The lowest BCUT2D eigenvalue weighted by atomic mass is 9.78. The molecule has 1 aromatic carbocycles. The monoisotopic (exact) mass is 230 g/mol. The summed E-state index contributed by atoms with van der Waals surface area (Å²) in [6.07, 6.45) is 5.83. The molecule has 0 atom stereocenters. The lowest BCUT2D eigenvalue weighted by Crippen LogP contribution is -2.55. The maximum atomic E-state index is 3.19. The molecular weight excluding hydrogens is 208 g/mol. The predicted molar refractivity (Wildman–Crippen MR) is 72.3 cm³/mol. The molecule has 17 heavy (non-hydrogen) atoms. The fraction of sp³-hybridized carbons (Fsp3) is 0.600. The number of nitrogens with zero attached hydrogens (tertiary/aromatic N) is 1. The minimum atomic E-state index is 0.698. The molecule has 1 aliphatic carbocycles. The molecule has 0 radical (unpaired) electrons. The van der Waals surface area contributed by atoms with Gasteiger partial charge in [0.25, 0.3) is 0 Å². The Labute approximate surface area is 104 Å². The first kappa shape index (κ1) is 11.1. The molecule has 0 amide bonds. The van der Waals surface area contributed by atoms with E-state index < -0.39 is 0 Å². The maximum absolute atomic E-state index is 3.19. The summed E-state index contributed by atoms with van der Waals surface area (Å²) in [5, 5.41) is 3.19. The molecule has 1 aromatic rings. The van der Waals surface area contributed by atoms with Crippen molar-refractivity contribution < 1.29 is 0 Å². The first-order valence-corrected chi connectivity index (χ1v) is 6.80. The van der Waals surface area contributed by atoms with Gasteiger partial charge in [0.2, 0.25) is 0 Å². The minimum absolute atomic E-state index is 0.698. The minimum Gasteiger partial charge on any atom is -0.370 e. The van der Waals surface area contributed by atoms with Gasteiger partial charge in [-0.1, -0.05) is 25.0 Å². The van der Waals surface area contributed by atoms with E-state index in [4.69, 9.17) is 0 Å². The van der Waals surface area contributed by atoms with Gasteiger partial charge in [-0.3, -0.25) is 0 Å². The molecule has 1 saturated carbocycles. The van der Waals surface area contributed by atoms with Crippen LogP contribution < -0.4 is 10.2 Å². The Morgan fingerprint density at radius 1 is 1.12 bits per heavy atom. The van der Waals surface area contributed by atoms with Crippen molar-refractivity contribution in [1.82, 2.24) is 5.32 Å². The molecule has 1 spiro atoms. The van der Waals surface area contributed by atoms with E-state index in [1.165, 1.54) is 50.0 Å². The van der Waals surface area contributed by atoms with Gasteiger partial charge in [-0.15, -0.1) is 0 Å². The Morgan fingerprint density at radius 2 is 1.76 bits per heavy atom. The second-order valence-corrected chi connectivity index (χ2v) is 5.76. The number of hydrogen-bond donors (Lipinski definition) is 1. The molecule has 2 heteroatoms. The van der Waals surface area contributed by atoms with Crippen molar-refractivity contribution >= 4 is 5.69 Å². The van der Waals surface area contributed by atoms with Crippen molar-refractivity contribution in [3.8, 4) is 0 Å². The summed E-state index contributed by atoms with van der Waals surface area (Å²) in [6, 6.07) is 9.03. The summed E-state index contributed by atoms with van der Waals surface area (Å²) in [6.45, 7) is 3.54. The Bertz CT molecular complexity index is 368. The summed E-state index contributed by atoms with van der Waals surface area (Å²) < 4.78 is 0. The summed E-state index contributed by atoms with van der Waals surface area (Å²) in [5.41, 5.74) is 3.47. The highest BCUT2D eigenvalue weighted by Crippen LogP contribution is 2.46. The fourth-order valence-electron chi connectivity index (χ4n) is 3.42.